The Hall–Kier alpha value is -1.01. The molecular weight excluding hydrogens is 250 g/mol. The smallest absolute Gasteiger partial charge is 0.256 e. The quantitative estimate of drug-likeness (QED) is 0.731. The van der Waals surface area contributed by atoms with Crippen molar-refractivity contribution >= 4 is 17.7 Å². The van der Waals surface area contributed by atoms with E-state index in [1.54, 1.807) is 0 Å². The lowest BCUT2D eigenvalue weighted by molar-refractivity contribution is -0.120. The first-order chi connectivity index (χ1) is 8.56. The summed E-state index contributed by atoms with van der Waals surface area (Å²) >= 11 is 1.52. The summed E-state index contributed by atoms with van der Waals surface area (Å²) in [6.45, 7) is 3.82. The van der Waals surface area contributed by atoms with Crippen LogP contribution < -0.4 is 11.1 Å². The van der Waals surface area contributed by atoms with Gasteiger partial charge >= 0.3 is 0 Å². The van der Waals surface area contributed by atoms with E-state index in [2.05, 4.69) is 10.3 Å². The van der Waals surface area contributed by atoms with Crippen molar-refractivity contribution in [3.63, 3.8) is 0 Å². The first-order valence-corrected chi connectivity index (χ1v) is 7.17. The number of primary amides is 1. The molecule has 0 spiro atoms. The second-order valence-corrected chi connectivity index (χ2v) is 5.70. The van der Waals surface area contributed by atoms with Gasteiger partial charge in [-0.3, -0.25) is 4.79 Å². The fraction of sp³-hybridized carbons (Fsp3) is 0.667. The van der Waals surface area contributed by atoms with Gasteiger partial charge in [-0.1, -0.05) is 11.8 Å². The van der Waals surface area contributed by atoms with Crippen molar-refractivity contribution in [2.24, 2.45) is 5.73 Å². The summed E-state index contributed by atoms with van der Waals surface area (Å²) in [4.78, 5) is 15.6. The van der Waals surface area contributed by atoms with E-state index >= 15 is 0 Å². The van der Waals surface area contributed by atoms with Gasteiger partial charge in [0.05, 0.1) is 11.7 Å². The molecule has 1 unspecified atom stereocenters. The van der Waals surface area contributed by atoms with Crippen molar-refractivity contribution in [1.29, 1.82) is 0 Å². The van der Waals surface area contributed by atoms with Crippen LogP contribution in [0.15, 0.2) is 9.64 Å². The predicted octanol–water partition coefficient (Wildman–Crippen LogP) is 1.38. The average Bonchev–Trinajstić information content (AvgIpc) is 3.05. The van der Waals surface area contributed by atoms with Crippen LogP contribution in [-0.4, -0.2) is 28.7 Å². The number of carbonyl (C=O) groups excluding carboxylic acids is 1. The van der Waals surface area contributed by atoms with Crippen molar-refractivity contribution in [2.75, 3.05) is 5.75 Å². The van der Waals surface area contributed by atoms with Crippen LogP contribution in [0.25, 0.3) is 0 Å². The van der Waals surface area contributed by atoms with E-state index in [1.807, 2.05) is 13.8 Å². The number of hydrogen-bond donors (Lipinski definition) is 2. The molecule has 0 bridgehead atoms. The van der Waals surface area contributed by atoms with Gasteiger partial charge in [0.2, 0.25) is 5.91 Å². The van der Waals surface area contributed by atoms with E-state index in [0.717, 1.165) is 30.0 Å². The zero-order valence-electron chi connectivity index (χ0n) is 10.7. The molecule has 0 aliphatic heterocycles. The molecule has 1 heterocycles. The second-order valence-electron chi connectivity index (χ2n) is 4.65. The summed E-state index contributed by atoms with van der Waals surface area (Å²) in [7, 11) is 0. The Morgan fingerprint density at radius 3 is 2.83 bits per heavy atom. The molecule has 1 aromatic heterocycles. The number of oxazole rings is 1. The number of rotatable bonds is 7. The number of aromatic nitrogens is 1. The third-order valence-corrected chi connectivity index (χ3v) is 3.86. The van der Waals surface area contributed by atoms with Crippen LogP contribution in [0.5, 0.6) is 0 Å². The Bertz CT molecular complexity index is 409. The second kappa shape index (κ2) is 5.75. The monoisotopic (exact) mass is 269 g/mol. The summed E-state index contributed by atoms with van der Waals surface area (Å²) in [5.74, 6) is 1.34. The molecule has 1 amide bonds. The third-order valence-electron chi connectivity index (χ3n) is 3.00. The molecule has 18 heavy (non-hydrogen) atoms. The lowest BCUT2D eigenvalue weighted by Gasteiger charge is -2.13. The van der Waals surface area contributed by atoms with E-state index in [0.29, 0.717) is 17.7 Å². The molecule has 2 rings (SSSR count). The number of nitrogens with zero attached hydrogens (tertiary/aromatic N) is 1. The molecule has 5 nitrogen and oxygen atoms in total. The summed E-state index contributed by atoms with van der Waals surface area (Å²) in [6.07, 6.45) is 3.00. The standard InChI is InChI=1S/C12H19N3O2S/c1-7-8(2)17-12(14-7)18-6-5-10(11(13)16)15-9-3-4-9/h9-10,15H,3-6H2,1-2H3,(H2,13,16). The number of hydrogen-bond acceptors (Lipinski definition) is 5. The molecule has 0 aromatic carbocycles. The van der Waals surface area contributed by atoms with Crippen LogP contribution >= 0.6 is 11.8 Å². The van der Waals surface area contributed by atoms with Gasteiger partial charge in [0, 0.05) is 11.8 Å². The van der Waals surface area contributed by atoms with Crippen LogP contribution in [0.4, 0.5) is 0 Å². The molecule has 1 aliphatic carbocycles. The highest BCUT2D eigenvalue weighted by atomic mass is 32.2. The zero-order chi connectivity index (χ0) is 13.1. The normalized spacial score (nSPS) is 16.8. The van der Waals surface area contributed by atoms with Gasteiger partial charge in [-0.2, -0.15) is 0 Å². The van der Waals surface area contributed by atoms with Crippen LogP contribution in [0.2, 0.25) is 0 Å². The maximum atomic E-state index is 11.3. The van der Waals surface area contributed by atoms with Gasteiger partial charge in [-0.15, -0.1) is 0 Å². The molecule has 0 saturated heterocycles. The molecule has 100 valence electrons. The Morgan fingerprint density at radius 2 is 2.33 bits per heavy atom. The molecule has 1 aromatic rings. The van der Waals surface area contributed by atoms with E-state index in [9.17, 15) is 4.79 Å². The van der Waals surface area contributed by atoms with Crippen molar-refractivity contribution < 1.29 is 9.21 Å². The van der Waals surface area contributed by atoms with Gasteiger partial charge in [0.25, 0.3) is 5.22 Å². The molecular formula is C12H19N3O2S. The van der Waals surface area contributed by atoms with Crippen LogP contribution in [-0.2, 0) is 4.79 Å². The molecule has 6 heteroatoms. The topological polar surface area (TPSA) is 81.1 Å². The molecule has 0 radical (unpaired) electrons. The van der Waals surface area contributed by atoms with E-state index in [1.165, 1.54) is 11.8 Å². The Balaban J connectivity index is 1.76. The minimum absolute atomic E-state index is 0.234. The highest BCUT2D eigenvalue weighted by molar-refractivity contribution is 7.99. The number of carbonyl (C=O) groups is 1. The largest absolute Gasteiger partial charge is 0.437 e. The number of nitrogens with two attached hydrogens (primary N) is 1. The summed E-state index contributed by atoms with van der Waals surface area (Å²) in [5, 5.41) is 3.92. The zero-order valence-corrected chi connectivity index (χ0v) is 11.5. The van der Waals surface area contributed by atoms with Crippen molar-refractivity contribution in [3.8, 4) is 0 Å². The van der Waals surface area contributed by atoms with Gasteiger partial charge in [-0.25, -0.2) is 4.98 Å². The first kappa shape index (κ1) is 13.4. The van der Waals surface area contributed by atoms with Crippen LogP contribution in [0.1, 0.15) is 30.7 Å². The molecule has 1 aliphatic rings. The number of thioether (sulfide) groups is 1. The summed E-state index contributed by atoms with van der Waals surface area (Å²) in [5.41, 5.74) is 6.29. The highest BCUT2D eigenvalue weighted by Gasteiger charge is 2.27. The first-order valence-electron chi connectivity index (χ1n) is 6.18. The summed E-state index contributed by atoms with van der Waals surface area (Å²) < 4.78 is 5.47. The van der Waals surface area contributed by atoms with Gasteiger partial charge in [-0.05, 0) is 33.1 Å². The molecule has 3 N–H and O–H groups in total. The molecule has 1 saturated carbocycles. The number of aryl methyl sites for hydroxylation is 2. The van der Waals surface area contributed by atoms with Crippen LogP contribution in [0.3, 0.4) is 0 Å². The highest BCUT2D eigenvalue weighted by Crippen LogP contribution is 2.23. The van der Waals surface area contributed by atoms with Crippen molar-refractivity contribution in [2.45, 2.75) is 50.4 Å². The fourth-order valence-corrected chi connectivity index (χ4v) is 2.52. The van der Waals surface area contributed by atoms with E-state index in [-0.39, 0.29) is 11.9 Å². The molecule has 1 atom stereocenters. The van der Waals surface area contributed by atoms with Crippen LogP contribution in [0, 0.1) is 13.8 Å². The molecule has 1 fully saturated rings. The lowest BCUT2D eigenvalue weighted by Crippen LogP contribution is -2.42. The van der Waals surface area contributed by atoms with Crippen molar-refractivity contribution in [1.82, 2.24) is 10.3 Å². The van der Waals surface area contributed by atoms with Gasteiger partial charge in [0.1, 0.15) is 5.76 Å². The minimum atomic E-state index is -0.276. The van der Waals surface area contributed by atoms with E-state index in [4.69, 9.17) is 10.2 Å². The maximum Gasteiger partial charge on any atom is 0.256 e. The van der Waals surface area contributed by atoms with Crippen molar-refractivity contribution in [3.05, 3.63) is 11.5 Å². The van der Waals surface area contributed by atoms with Gasteiger partial charge in [0.15, 0.2) is 0 Å². The summed E-state index contributed by atoms with van der Waals surface area (Å²) in [6, 6.07) is 0.251. The number of amides is 1. The SMILES string of the molecule is Cc1nc(SCCC(NC2CC2)C(N)=O)oc1C. The minimum Gasteiger partial charge on any atom is -0.437 e. The fourth-order valence-electron chi connectivity index (χ4n) is 1.61. The Labute approximate surface area is 111 Å². The van der Waals surface area contributed by atoms with E-state index < -0.39 is 0 Å². The predicted molar refractivity (Wildman–Crippen MR) is 70.5 cm³/mol. The van der Waals surface area contributed by atoms with Gasteiger partial charge < -0.3 is 15.5 Å². The lowest BCUT2D eigenvalue weighted by atomic mass is 10.2. The maximum absolute atomic E-state index is 11.3. The average molecular weight is 269 g/mol. The third kappa shape index (κ3) is 3.74. The number of nitrogens with one attached hydrogen (secondary N) is 1. The Morgan fingerprint density at radius 1 is 1.61 bits per heavy atom. The Kier molecular flexibility index (Phi) is 4.29.